The van der Waals surface area contributed by atoms with E-state index in [1.165, 1.54) is 18.4 Å². The van der Waals surface area contributed by atoms with Gasteiger partial charge in [-0.1, -0.05) is 6.07 Å². The summed E-state index contributed by atoms with van der Waals surface area (Å²) in [6, 6.07) is 7.10. The van der Waals surface area contributed by atoms with Crippen LogP contribution in [-0.4, -0.2) is 15.3 Å². The molecular formula is C16H12O5. The number of aromatic hydroxyl groups is 3. The number of benzene rings is 2. The number of rotatable bonds is 1. The molecule has 1 heterocycles. The number of hydrogen-bond acceptors (Lipinski definition) is 5. The van der Waals surface area contributed by atoms with Crippen molar-refractivity contribution in [3.63, 3.8) is 0 Å². The van der Waals surface area contributed by atoms with Crippen LogP contribution in [0, 0.1) is 6.92 Å². The van der Waals surface area contributed by atoms with Crippen LogP contribution in [0.15, 0.2) is 45.8 Å². The quantitative estimate of drug-likeness (QED) is 0.639. The number of fused-ring (bicyclic) bond motifs is 1. The van der Waals surface area contributed by atoms with E-state index in [4.69, 9.17) is 4.42 Å². The van der Waals surface area contributed by atoms with Gasteiger partial charge in [0.25, 0.3) is 0 Å². The van der Waals surface area contributed by atoms with Gasteiger partial charge in [-0.15, -0.1) is 0 Å². The monoisotopic (exact) mass is 284 g/mol. The average molecular weight is 284 g/mol. The van der Waals surface area contributed by atoms with Gasteiger partial charge >= 0.3 is 0 Å². The van der Waals surface area contributed by atoms with Crippen LogP contribution in [0.25, 0.3) is 22.1 Å². The lowest BCUT2D eigenvalue weighted by atomic mass is 10.0. The predicted octanol–water partition coefficient (Wildman–Crippen LogP) is 2.89. The molecule has 3 aromatic rings. The Morgan fingerprint density at radius 2 is 1.76 bits per heavy atom. The minimum Gasteiger partial charge on any atom is -0.508 e. The van der Waals surface area contributed by atoms with Gasteiger partial charge < -0.3 is 19.7 Å². The second kappa shape index (κ2) is 4.56. The molecule has 0 aliphatic carbocycles. The van der Waals surface area contributed by atoms with Crippen LogP contribution in [0.2, 0.25) is 0 Å². The molecule has 0 atom stereocenters. The fourth-order valence-corrected chi connectivity index (χ4v) is 2.24. The second-order valence-corrected chi connectivity index (χ2v) is 4.82. The van der Waals surface area contributed by atoms with Gasteiger partial charge in [-0.3, -0.25) is 4.79 Å². The van der Waals surface area contributed by atoms with Crippen LogP contribution in [0.1, 0.15) is 5.56 Å². The van der Waals surface area contributed by atoms with E-state index in [1.807, 2.05) is 0 Å². The van der Waals surface area contributed by atoms with Gasteiger partial charge in [0.15, 0.2) is 0 Å². The third kappa shape index (κ3) is 2.08. The van der Waals surface area contributed by atoms with Gasteiger partial charge in [-0.05, 0) is 30.2 Å². The van der Waals surface area contributed by atoms with E-state index >= 15 is 0 Å². The Kier molecular flexibility index (Phi) is 2.83. The molecule has 0 radical (unpaired) electrons. The van der Waals surface area contributed by atoms with Crippen LogP contribution in [0.5, 0.6) is 17.2 Å². The lowest BCUT2D eigenvalue weighted by Gasteiger charge is -2.06. The van der Waals surface area contributed by atoms with Gasteiger partial charge in [-0.25, -0.2) is 0 Å². The smallest absolute Gasteiger partial charge is 0.204 e. The van der Waals surface area contributed by atoms with E-state index in [0.717, 1.165) is 6.07 Å². The summed E-state index contributed by atoms with van der Waals surface area (Å²) in [6.45, 7) is 1.72. The molecule has 3 N–H and O–H groups in total. The number of phenolic OH excluding ortho intramolecular Hbond substituents is 3. The molecule has 2 aromatic carbocycles. The van der Waals surface area contributed by atoms with Crippen molar-refractivity contribution in [1.29, 1.82) is 0 Å². The molecule has 0 aliphatic heterocycles. The molecule has 1 aromatic heterocycles. The lowest BCUT2D eigenvalue weighted by Crippen LogP contribution is -2.05. The Hall–Kier alpha value is -2.95. The van der Waals surface area contributed by atoms with E-state index in [9.17, 15) is 20.1 Å². The highest BCUT2D eigenvalue weighted by Gasteiger charge is 2.14. The van der Waals surface area contributed by atoms with Gasteiger partial charge in [0.1, 0.15) is 34.5 Å². The molecular weight excluding hydrogens is 272 g/mol. The zero-order valence-electron chi connectivity index (χ0n) is 11.1. The first-order chi connectivity index (χ1) is 9.97. The van der Waals surface area contributed by atoms with Crippen LogP contribution in [0.3, 0.4) is 0 Å². The first kappa shape index (κ1) is 13.1. The molecule has 0 saturated heterocycles. The summed E-state index contributed by atoms with van der Waals surface area (Å²) in [4.78, 5) is 12.5. The van der Waals surface area contributed by atoms with E-state index in [-0.39, 0.29) is 33.8 Å². The summed E-state index contributed by atoms with van der Waals surface area (Å²) < 4.78 is 5.33. The van der Waals surface area contributed by atoms with Gasteiger partial charge in [0.05, 0.1) is 5.56 Å². The van der Waals surface area contributed by atoms with Gasteiger partial charge in [0.2, 0.25) is 5.43 Å². The number of phenols is 3. The maximum Gasteiger partial charge on any atom is 0.204 e. The molecule has 21 heavy (non-hydrogen) atoms. The van der Waals surface area contributed by atoms with Crippen LogP contribution in [0.4, 0.5) is 0 Å². The van der Waals surface area contributed by atoms with E-state index < -0.39 is 5.43 Å². The zero-order valence-corrected chi connectivity index (χ0v) is 11.1. The van der Waals surface area contributed by atoms with Crippen LogP contribution in [-0.2, 0) is 0 Å². The van der Waals surface area contributed by atoms with Crippen LogP contribution >= 0.6 is 0 Å². The molecule has 0 amide bonds. The summed E-state index contributed by atoms with van der Waals surface area (Å²) in [5.41, 5.74) is 1.18. The van der Waals surface area contributed by atoms with Crippen molar-refractivity contribution in [2.75, 3.05) is 0 Å². The fraction of sp³-hybridized carbons (Fsp3) is 0.0625. The Labute approximate surface area is 119 Å². The fourth-order valence-electron chi connectivity index (χ4n) is 2.24. The molecule has 5 heteroatoms. The molecule has 3 rings (SSSR count). The topological polar surface area (TPSA) is 90.9 Å². The SMILES string of the molecule is Cc1cc(-c2coc3cc(O)cc(O)c3c2=O)ccc1O. The molecule has 0 aliphatic rings. The van der Waals surface area contributed by atoms with Crippen molar-refractivity contribution >= 4 is 11.0 Å². The summed E-state index contributed by atoms with van der Waals surface area (Å²) >= 11 is 0. The largest absolute Gasteiger partial charge is 0.508 e. The van der Waals surface area contributed by atoms with E-state index in [2.05, 4.69) is 0 Å². The summed E-state index contributed by atoms with van der Waals surface area (Å²) in [7, 11) is 0. The highest BCUT2D eigenvalue weighted by atomic mass is 16.3. The standard InChI is InChI=1S/C16H12O5/c1-8-4-9(2-3-12(8)18)11-7-21-14-6-10(17)5-13(19)15(14)16(11)20/h2-7,17-19H,1H3. The first-order valence-electron chi connectivity index (χ1n) is 6.25. The molecule has 0 saturated carbocycles. The highest BCUT2D eigenvalue weighted by molar-refractivity contribution is 5.88. The highest BCUT2D eigenvalue weighted by Crippen LogP contribution is 2.30. The van der Waals surface area contributed by atoms with Crippen LogP contribution < -0.4 is 5.43 Å². The minimum atomic E-state index is -0.404. The molecule has 0 spiro atoms. The summed E-state index contributed by atoms with van der Waals surface area (Å²) in [5, 5.41) is 28.8. The van der Waals surface area contributed by atoms with Gasteiger partial charge in [-0.2, -0.15) is 0 Å². The predicted molar refractivity (Wildman–Crippen MR) is 77.7 cm³/mol. The average Bonchev–Trinajstić information content (AvgIpc) is 2.41. The second-order valence-electron chi connectivity index (χ2n) is 4.82. The van der Waals surface area contributed by atoms with Crippen molar-refractivity contribution in [1.82, 2.24) is 0 Å². The van der Waals surface area contributed by atoms with Gasteiger partial charge in [0, 0.05) is 12.1 Å². The summed E-state index contributed by atoms with van der Waals surface area (Å²) in [6.07, 6.45) is 1.27. The lowest BCUT2D eigenvalue weighted by molar-refractivity contribution is 0.452. The zero-order chi connectivity index (χ0) is 15.1. The Morgan fingerprint density at radius 1 is 1.00 bits per heavy atom. The first-order valence-corrected chi connectivity index (χ1v) is 6.25. The molecule has 106 valence electrons. The maximum atomic E-state index is 12.5. The van der Waals surface area contributed by atoms with Crippen molar-refractivity contribution in [2.45, 2.75) is 6.92 Å². The van der Waals surface area contributed by atoms with Crippen molar-refractivity contribution in [2.24, 2.45) is 0 Å². The van der Waals surface area contributed by atoms with Crippen molar-refractivity contribution in [3.05, 3.63) is 52.4 Å². The van der Waals surface area contributed by atoms with E-state index in [0.29, 0.717) is 11.1 Å². The number of hydrogen-bond donors (Lipinski definition) is 3. The normalized spacial score (nSPS) is 10.9. The van der Waals surface area contributed by atoms with Crippen molar-refractivity contribution in [3.8, 4) is 28.4 Å². The van der Waals surface area contributed by atoms with Crippen molar-refractivity contribution < 1.29 is 19.7 Å². The minimum absolute atomic E-state index is 0.0102. The Bertz CT molecular complexity index is 908. The maximum absolute atomic E-state index is 12.5. The Morgan fingerprint density at radius 3 is 2.48 bits per heavy atom. The third-order valence-corrected chi connectivity index (χ3v) is 3.35. The third-order valence-electron chi connectivity index (χ3n) is 3.35. The Balaban J connectivity index is 2.32. The molecule has 0 bridgehead atoms. The molecule has 0 unspecified atom stereocenters. The number of aryl methyl sites for hydroxylation is 1. The van der Waals surface area contributed by atoms with E-state index in [1.54, 1.807) is 19.1 Å². The summed E-state index contributed by atoms with van der Waals surface area (Å²) in [5.74, 6) is -0.385. The molecule has 0 fully saturated rings. The molecule has 5 nitrogen and oxygen atoms in total.